The van der Waals surface area contributed by atoms with Crippen LogP contribution in [0.15, 0.2) is 53.6 Å². The second-order valence-corrected chi connectivity index (χ2v) is 4.37. The Morgan fingerprint density at radius 3 is 2.80 bits per heavy atom. The lowest BCUT2D eigenvalue weighted by atomic mass is 10.2. The van der Waals surface area contributed by atoms with Gasteiger partial charge in [-0.1, -0.05) is 12.1 Å². The standard InChI is InChI=1S/C15H13N3O2/c1-20-14-8-10(16)6-7-13(14)18-9-17-15(19)11-4-2-3-5-12(11)18/h2-9H,16H2,1H3. The van der Waals surface area contributed by atoms with Crippen LogP contribution in [0.4, 0.5) is 5.69 Å². The van der Waals surface area contributed by atoms with Gasteiger partial charge >= 0.3 is 0 Å². The number of anilines is 1. The van der Waals surface area contributed by atoms with Gasteiger partial charge in [-0.2, -0.15) is 4.98 Å². The fraction of sp³-hybridized carbons (Fsp3) is 0.0667. The number of benzene rings is 2. The maximum atomic E-state index is 11.8. The third-order valence-electron chi connectivity index (χ3n) is 3.15. The van der Waals surface area contributed by atoms with Crippen molar-refractivity contribution in [2.45, 2.75) is 0 Å². The summed E-state index contributed by atoms with van der Waals surface area (Å²) in [7, 11) is 1.58. The smallest absolute Gasteiger partial charge is 0.280 e. The summed E-state index contributed by atoms with van der Waals surface area (Å²) < 4.78 is 7.17. The van der Waals surface area contributed by atoms with Crippen LogP contribution in [0.1, 0.15) is 0 Å². The molecule has 0 bridgehead atoms. The zero-order valence-electron chi connectivity index (χ0n) is 10.9. The van der Waals surface area contributed by atoms with E-state index in [9.17, 15) is 4.79 Å². The van der Waals surface area contributed by atoms with E-state index < -0.39 is 0 Å². The molecule has 0 amide bonds. The Bertz CT molecular complexity index is 840. The van der Waals surface area contributed by atoms with Crippen LogP contribution < -0.4 is 16.0 Å². The predicted molar refractivity (Wildman–Crippen MR) is 78.3 cm³/mol. The SMILES string of the molecule is COc1cc(N)ccc1-n1cnc(=O)c2ccccc21. The largest absolute Gasteiger partial charge is 0.494 e. The van der Waals surface area contributed by atoms with Gasteiger partial charge in [-0.25, -0.2) is 0 Å². The first kappa shape index (κ1) is 12.2. The number of rotatable bonds is 2. The highest BCUT2D eigenvalue weighted by atomic mass is 16.5. The van der Waals surface area contributed by atoms with Crippen LogP contribution >= 0.6 is 0 Å². The van der Waals surface area contributed by atoms with Crippen LogP contribution in [0.25, 0.3) is 16.6 Å². The Labute approximate surface area is 115 Å². The van der Waals surface area contributed by atoms with Crippen molar-refractivity contribution in [3.05, 3.63) is 59.1 Å². The van der Waals surface area contributed by atoms with Crippen molar-refractivity contribution in [2.75, 3.05) is 12.8 Å². The summed E-state index contributed by atoms with van der Waals surface area (Å²) in [4.78, 5) is 15.7. The Morgan fingerprint density at radius 1 is 1.20 bits per heavy atom. The van der Waals surface area contributed by atoms with Gasteiger partial charge in [0.05, 0.1) is 23.7 Å². The molecule has 0 radical (unpaired) electrons. The molecule has 0 fully saturated rings. The molecule has 0 saturated heterocycles. The summed E-state index contributed by atoms with van der Waals surface area (Å²) in [5, 5.41) is 0.564. The maximum absolute atomic E-state index is 11.8. The highest BCUT2D eigenvalue weighted by Crippen LogP contribution is 2.27. The van der Waals surface area contributed by atoms with Gasteiger partial charge in [0.2, 0.25) is 0 Å². The number of nitrogens with zero attached hydrogens (tertiary/aromatic N) is 2. The second kappa shape index (κ2) is 4.70. The van der Waals surface area contributed by atoms with Gasteiger partial charge in [-0.05, 0) is 24.3 Å². The van der Waals surface area contributed by atoms with E-state index in [0.29, 0.717) is 16.8 Å². The summed E-state index contributed by atoms with van der Waals surface area (Å²) in [5.41, 5.74) is 7.69. The quantitative estimate of drug-likeness (QED) is 0.721. The number of nitrogen functional groups attached to an aromatic ring is 1. The molecule has 1 heterocycles. The number of methoxy groups -OCH3 is 1. The first-order valence-electron chi connectivity index (χ1n) is 6.11. The minimum absolute atomic E-state index is 0.244. The summed E-state index contributed by atoms with van der Waals surface area (Å²) in [6.07, 6.45) is 1.50. The molecule has 0 spiro atoms. The van der Waals surface area contributed by atoms with Crippen LogP contribution in [0, 0.1) is 0 Å². The van der Waals surface area contributed by atoms with Crippen molar-refractivity contribution in [3.63, 3.8) is 0 Å². The van der Waals surface area contributed by atoms with Gasteiger partial charge in [0.15, 0.2) is 0 Å². The van der Waals surface area contributed by atoms with Crippen molar-refractivity contribution < 1.29 is 4.74 Å². The van der Waals surface area contributed by atoms with Crippen LogP contribution in [0.3, 0.4) is 0 Å². The van der Waals surface area contributed by atoms with Gasteiger partial charge in [0.25, 0.3) is 5.56 Å². The highest BCUT2D eigenvalue weighted by molar-refractivity contribution is 5.80. The van der Waals surface area contributed by atoms with Crippen LogP contribution in [-0.4, -0.2) is 16.7 Å². The molecular weight excluding hydrogens is 254 g/mol. The fourth-order valence-electron chi connectivity index (χ4n) is 2.19. The molecule has 0 aliphatic carbocycles. The van der Waals surface area contributed by atoms with Gasteiger partial charge < -0.3 is 10.5 Å². The molecule has 3 aromatic rings. The number of para-hydroxylation sites is 1. The van der Waals surface area contributed by atoms with E-state index in [-0.39, 0.29) is 5.56 Å². The molecule has 1 aromatic heterocycles. The highest BCUT2D eigenvalue weighted by Gasteiger charge is 2.09. The van der Waals surface area contributed by atoms with E-state index in [4.69, 9.17) is 10.5 Å². The van der Waals surface area contributed by atoms with Gasteiger partial charge in [-0.15, -0.1) is 0 Å². The molecule has 3 rings (SSSR count). The topological polar surface area (TPSA) is 70.1 Å². The number of ether oxygens (including phenoxy) is 1. The number of nitrogens with two attached hydrogens (primary N) is 1. The molecule has 0 aliphatic rings. The van der Waals surface area contributed by atoms with E-state index in [1.165, 1.54) is 6.33 Å². The predicted octanol–water partition coefficient (Wildman–Crippen LogP) is 1.98. The lowest BCUT2D eigenvalue weighted by Crippen LogP contribution is -2.11. The Kier molecular flexibility index (Phi) is 2.87. The molecule has 0 saturated carbocycles. The van der Waals surface area contributed by atoms with Crippen LogP contribution in [0.5, 0.6) is 5.75 Å². The molecule has 20 heavy (non-hydrogen) atoms. The molecular formula is C15H13N3O2. The normalized spacial score (nSPS) is 10.7. The number of fused-ring (bicyclic) bond motifs is 1. The van der Waals surface area contributed by atoms with Crippen molar-refractivity contribution >= 4 is 16.6 Å². The van der Waals surface area contributed by atoms with E-state index in [0.717, 1.165) is 11.2 Å². The number of hydrogen-bond donors (Lipinski definition) is 1. The van der Waals surface area contributed by atoms with Crippen molar-refractivity contribution in [1.29, 1.82) is 0 Å². The molecule has 5 nitrogen and oxygen atoms in total. The van der Waals surface area contributed by atoms with Crippen LogP contribution in [-0.2, 0) is 0 Å². The van der Waals surface area contributed by atoms with Crippen molar-refractivity contribution in [2.24, 2.45) is 0 Å². The third-order valence-corrected chi connectivity index (χ3v) is 3.15. The van der Waals surface area contributed by atoms with Crippen LogP contribution in [0.2, 0.25) is 0 Å². The Hall–Kier alpha value is -2.82. The third kappa shape index (κ3) is 1.89. The molecule has 0 unspecified atom stereocenters. The Balaban J connectivity index is 2.36. The molecule has 2 aromatic carbocycles. The maximum Gasteiger partial charge on any atom is 0.280 e. The second-order valence-electron chi connectivity index (χ2n) is 4.37. The molecule has 0 atom stereocenters. The van der Waals surface area contributed by atoms with Gasteiger partial charge in [0, 0.05) is 11.8 Å². The van der Waals surface area contributed by atoms with Gasteiger partial charge in [0.1, 0.15) is 12.1 Å². The fourth-order valence-corrected chi connectivity index (χ4v) is 2.19. The summed E-state index contributed by atoms with van der Waals surface area (Å²) in [6, 6.07) is 12.7. The minimum atomic E-state index is -0.244. The molecule has 100 valence electrons. The monoisotopic (exact) mass is 267 g/mol. The van der Waals surface area contributed by atoms with E-state index in [2.05, 4.69) is 4.98 Å². The minimum Gasteiger partial charge on any atom is -0.494 e. The zero-order valence-corrected chi connectivity index (χ0v) is 10.9. The van der Waals surface area contributed by atoms with Crippen molar-refractivity contribution in [3.8, 4) is 11.4 Å². The van der Waals surface area contributed by atoms with E-state index in [1.54, 1.807) is 25.3 Å². The summed E-state index contributed by atoms with van der Waals surface area (Å²) >= 11 is 0. The molecule has 2 N–H and O–H groups in total. The van der Waals surface area contributed by atoms with Crippen molar-refractivity contribution in [1.82, 2.24) is 9.55 Å². The zero-order chi connectivity index (χ0) is 14.1. The lowest BCUT2D eigenvalue weighted by Gasteiger charge is -2.14. The summed E-state index contributed by atoms with van der Waals surface area (Å²) in [6.45, 7) is 0. The number of aromatic nitrogens is 2. The first-order chi connectivity index (χ1) is 9.70. The first-order valence-corrected chi connectivity index (χ1v) is 6.11. The lowest BCUT2D eigenvalue weighted by molar-refractivity contribution is 0.413. The molecule has 5 heteroatoms. The average molecular weight is 267 g/mol. The average Bonchev–Trinajstić information content (AvgIpc) is 2.48. The molecule has 0 aliphatic heterocycles. The van der Waals surface area contributed by atoms with E-state index in [1.807, 2.05) is 28.8 Å². The van der Waals surface area contributed by atoms with E-state index >= 15 is 0 Å². The number of hydrogen-bond acceptors (Lipinski definition) is 4. The van der Waals surface area contributed by atoms with Gasteiger partial charge in [-0.3, -0.25) is 9.36 Å². The Morgan fingerprint density at radius 2 is 2.00 bits per heavy atom. The summed E-state index contributed by atoms with van der Waals surface area (Å²) in [5.74, 6) is 0.626.